The number of hydrogen-bond acceptors (Lipinski definition) is 4. The number of aromatic hydroxyl groups is 1. The van der Waals surface area contributed by atoms with Gasteiger partial charge in [-0.25, -0.2) is 0 Å². The maximum Gasteiger partial charge on any atom is 0.293 e. The van der Waals surface area contributed by atoms with Crippen LogP contribution < -0.4 is 0 Å². The Hall–Kier alpha value is -2.33. The molecule has 0 bridgehead atoms. The molecule has 0 spiro atoms. The van der Waals surface area contributed by atoms with E-state index in [9.17, 15) is 9.90 Å². The van der Waals surface area contributed by atoms with Crippen molar-refractivity contribution in [3.05, 3.63) is 65.2 Å². The lowest BCUT2D eigenvalue weighted by Gasteiger charge is -2.30. The summed E-state index contributed by atoms with van der Waals surface area (Å²) in [6, 6.07) is 16.9. The van der Waals surface area contributed by atoms with Crippen LogP contribution in [0.25, 0.3) is 0 Å². The van der Waals surface area contributed by atoms with Gasteiger partial charge in [0.05, 0.1) is 0 Å². The van der Waals surface area contributed by atoms with Crippen LogP contribution in [0.3, 0.4) is 0 Å². The third-order valence-corrected chi connectivity index (χ3v) is 5.47. The van der Waals surface area contributed by atoms with Gasteiger partial charge in [0.1, 0.15) is 12.4 Å². The van der Waals surface area contributed by atoms with Gasteiger partial charge in [0.2, 0.25) is 0 Å². The highest BCUT2D eigenvalue weighted by Gasteiger charge is 2.19. The van der Waals surface area contributed by atoms with E-state index in [0.717, 1.165) is 36.9 Å². The number of phenolic OH excluding ortho intramolecular Hbond substituents is 1. The minimum Gasteiger partial charge on any atom is -0.508 e. The lowest BCUT2D eigenvalue weighted by Crippen LogP contribution is -2.37. The third kappa shape index (κ3) is 6.90. The molecule has 0 saturated carbocycles. The fourth-order valence-corrected chi connectivity index (χ4v) is 4.05. The van der Waals surface area contributed by atoms with Crippen LogP contribution in [0.15, 0.2) is 48.5 Å². The molecule has 0 fully saturated rings. The van der Waals surface area contributed by atoms with Crippen molar-refractivity contribution in [2.45, 2.75) is 71.6 Å². The molecule has 2 rings (SSSR count). The minimum atomic E-state index is 0.110. The smallest absolute Gasteiger partial charge is 0.293 e. The van der Waals surface area contributed by atoms with Gasteiger partial charge in [-0.15, -0.1) is 0 Å². The van der Waals surface area contributed by atoms with Crippen LogP contribution in [-0.2, 0) is 16.1 Å². The summed E-state index contributed by atoms with van der Waals surface area (Å²) in [7, 11) is 0. The second-order valence-corrected chi connectivity index (χ2v) is 8.18. The van der Waals surface area contributed by atoms with Crippen LogP contribution in [0.5, 0.6) is 5.75 Å². The molecule has 0 aromatic heterocycles. The van der Waals surface area contributed by atoms with Crippen molar-refractivity contribution < 1.29 is 14.6 Å². The molecule has 2 aromatic rings. The first-order valence-corrected chi connectivity index (χ1v) is 10.6. The van der Waals surface area contributed by atoms with E-state index in [2.05, 4.69) is 44.7 Å². The zero-order chi connectivity index (χ0) is 21.2. The van der Waals surface area contributed by atoms with Crippen LogP contribution in [0.4, 0.5) is 0 Å². The summed E-state index contributed by atoms with van der Waals surface area (Å²) < 4.78 is 4.90. The molecule has 4 nitrogen and oxygen atoms in total. The highest BCUT2D eigenvalue weighted by atomic mass is 16.5. The maximum absolute atomic E-state index is 10.6. The van der Waals surface area contributed by atoms with Gasteiger partial charge in [-0.2, -0.15) is 0 Å². The number of nitrogens with zero attached hydrogens (tertiary/aromatic N) is 1. The van der Waals surface area contributed by atoms with Crippen LogP contribution in [0.2, 0.25) is 0 Å². The highest BCUT2D eigenvalue weighted by molar-refractivity contribution is 5.44. The van der Waals surface area contributed by atoms with E-state index in [4.69, 9.17) is 4.74 Å². The molecule has 0 heterocycles. The molecule has 0 saturated heterocycles. The van der Waals surface area contributed by atoms with E-state index in [1.54, 1.807) is 12.1 Å². The number of phenols is 1. The summed E-state index contributed by atoms with van der Waals surface area (Å²) in [6.07, 6.45) is 3.15. The van der Waals surface area contributed by atoms with Crippen molar-refractivity contribution in [2.75, 3.05) is 6.54 Å². The Bertz CT molecular complexity index is 735. The molecule has 0 aliphatic carbocycles. The van der Waals surface area contributed by atoms with Crippen molar-refractivity contribution in [3.63, 3.8) is 0 Å². The van der Waals surface area contributed by atoms with Crippen molar-refractivity contribution >= 4 is 6.47 Å². The molecule has 1 atom stereocenters. The van der Waals surface area contributed by atoms with E-state index >= 15 is 0 Å². The molecule has 1 unspecified atom stereocenters. The van der Waals surface area contributed by atoms with E-state index in [0.29, 0.717) is 24.3 Å². The van der Waals surface area contributed by atoms with E-state index in [-0.39, 0.29) is 12.5 Å². The largest absolute Gasteiger partial charge is 0.508 e. The van der Waals surface area contributed by atoms with Gasteiger partial charge < -0.3 is 9.84 Å². The Labute approximate surface area is 175 Å². The third-order valence-electron chi connectivity index (χ3n) is 5.47. The van der Waals surface area contributed by atoms with Crippen molar-refractivity contribution in [1.29, 1.82) is 0 Å². The Morgan fingerprint density at radius 2 is 1.69 bits per heavy atom. The average molecular weight is 398 g/mol. The summed E-state index contributed by atoms with van der Waals surface area (Å²) in [5, 5.41) is 10.6. The number of carbonyl (C=O) groups excluding carboxylic acids is 1. The molecule has 1 N–H and O–H groups in total. The summed E-state index contributed by atoms with van der Waals surface area (Å²) in [5.41, 5.74) is 2.98. The molecule has 0 radical (unpaired) electrons. The maximum atomic E-state index is 10.6. The number of benzene rings is 2. The molecule has 158 valence electrons. The first kappa shape index (κ1) is 23.0. The van der Waals surface area contributed by atoms with Gasteiger partial charge in [-0.1, -0.05) is 42.8 Å². The number of ether oxygens (including phenoxy) is 1. The average Bonchev–Trinajstić information content (AvgIpc) is 2.70. The topological polar surface area (TPSA) is 49.8 Å². The first-order chi connectivity index (χ1) is 13.9. The lowest BCUT2D eigenvalue weighted by molar-refractivity contribution is -0.129. The number of unbranched alkanes of at least 4 members (excludes halogenated alkanes) is 1. The predicted molar refractivity (Wildman–Crippen MR) is 118 cm³/mol. The van der Waals surface area contributed by atoms with Crippen LogP contribution in [-0.4, -0.2) is 35.1 Å². The molecule has 4 heteroatoms. The Balaban J connectivity index is 2.16. The van der Waals surface area contributed by atoms with Gasteiger partial charge >= 0.3 is 0 Å². The zero-order valence-electron chi connectivity index (χ0n) is 18.2. The highest BCUT2D eigenvalue weighted by Crippen LogP contribution is 2.36. The number of hydrogen-bond donors (Lipinski definition) is 1. The molecule has 29 heavy (non-hydrogen) atoms. The number of rotatable bonds is 12. The molecular weight excluding hydrogens is 362 g/mol. The van der Waals surface area contributed by atoms with Crippen molar-refractivity contribution in [3.8, 4) is 5.75 Å². The van der Waals surface area contributed by atoms with Crippen LogP contribution in [0.1, 0.15) is 69.6 Å². The standard InChI is InChI=1S/C25H35NO3/c1-19(2)26(20(3)4)15-9-8-12-23(22-10-6-5-7-11-22)24-16-21(17-29-18-27)13-14-25(24)28/h5-7,10-11,13-14,16,18-20,23,28H,8-9,12,15,17H2,1-4H3. The summed E-state index contributed by atoms with van der Waals surface area (Å²) in [4.78, 5) is 13.1. The Morgan fingerprint density at radius 3 is 2.31 bits per heavy atom. The van der Waals surface area contributed by atoms with Gasteiger partial charge in [-0.3, -0.25) is 9.69 Å². The first-order valence-electron chi connectivity index (χ1n) is 10.6. The van der Waals surface area contributed by atoms with Crippen molar-refractivity contribution in [1.82, 2.24) is 4.90 Å². The fraction of sp³-hybridized carbons (Fsp3) is 0.480. The van der Waals surface area contributed by atoms with E-state index in [1.165, 1.54) is 5.56 Å². The fourth-order valence-electron chi connectivity index (χ4n) is 4.05. The van der Waals surface area contributed by atoms with Crippen molar-refractivity contribution in [2.24, 2.45) is 0 Å². The van der Waals surface area contributed by atoms with Crippen LogP contribution >= 0.6 is 0 Å². The minimum absolute atomic E-state index is 0.110. The normalized spacial score (nSPS) is 12.5. The van der Waals surface area contributed by atoms with E-state index in [1.807, 2.05) is 24.3 Å². The SMILES string of the molecule is CC(C)N(CCCCC(c1ccccc1)c1cc(COC=O)ccc1O)C(C)C. The van der Waals surface area contributed by atoms with E-state index < -0.39 is 0 Å². The summed E-state index contributed by atoms with van der Waals surface area (Å²) >= 11 is 0. The molecular formula is C25H35NO3. The predicted octanol–water partition coefficient (Wildman–Crippen LogP) is 5.49. The molecule has 0 aliphatic rings. The molecule has 2 aromatic carbocycles. The van der Waals surface area contributed by atoms with Gasteiger partial charge in [-0.05, 0) is 70.3 Å². The second-order valence-electron chi connectivity index (χ2n) is 8.18. The van der Waals surface area contributed by atoms with Crippen LogP contribution in [0, 0.1) is 0 Å². The zero-order valence-corrected chi connectivity index (χ0v) is 18.2. The molecule has 0 aliphatic heterocycles. The Morgan fingerprint density at radius 1 is 1.00 bits per heavy atom. The summed E-state index contributed by atoms with van der Waals surface area (Å²) in [6.45, 7) is 10.7. The lowest BCUT2D eigenvalue weighted by atomic mass is 9.85. The van der Waals surface area contributed by atoms with Gasteiger partial charge in [0.25, 0.3) is 6.47 Å². The monoisotopic (exact) mass is 397 g/mol. The second kappa shape index (κ2) is 11.6. The van der Waals surface area contributed by atoms with Gasteiger partial charge in [0.15, 0.2) is 0 Å². The quantitative estimate of drug-likeness (QED) is 0.380. The number of carbonyl (C=O) groups is 1. The van der Waals surface area contributed by atoms with Gasteiger partial charge in [0, 0.05) is 23.6 Å². The molecule has 0 amide bonds. The Kier molecular flexibility index (Phi) is 9.20. The summed E-state index contributed by atoms with van der Waals surface area (Å²) in [5.74, 6) is 0.402.